The molecule has 3 aromatic carbocycles. The van der Waals surface area contributed by atoms with Gasteiger partial charge in [-0.05, 0) is 61.0 Å². The molecule has 34 heavy (non-hydrogen) atoms. The number of amides is 1. The summed E-state index contributed by atoms with van der Waals surface area (Å²) in [7, 11) is -2.67. The second-order valence-corrected chi connectivity index (χ2v) is 10.5. The minimum Gasteiger partial charge on any atom is -0.348 e. The summed E-state index contributed by atoms with van der Waals surface area (Å²) in [5, 5.41) is 7.63. The van der Waals surface area contributed by atoms with Gasteiger partial charge in [0.25, 0.3) is 5.91 Å². The van der Waals surface area contributed by atoms with E-state index in [0.29, 0.717) is 23.0 Å². The van der Waals surface area contributed by atoms with Crippen molar-refractivity contribution < 1.29 is 27.1 Å². The lowest BCUT2D eigenvalue weighted by atomic mass is 10.0. The van der Waals surface area contributed by atoms with Crippen LogP contribution in [0.4, 0.5) is 13.2 Å². The van der Waals surface area contributed by atoms with Crippen LogP contribution in [0.15, 0.2) is 60.7 Å². The Kier molecular flexibility index (Phi) is 5.59. The summed E-state index contributed by atoms with van der Waals surface area (Å²) in [6.07, 6.45) is 0.459. The average Bonchev–Trinajstić information content (AvgIpc) is 3.33. The second kappa shape index (κ2) is 8.46. The zero-order valence-electron chi connectivity index (χ0n) is 17.7. The minimum atomic E-state index is -2.67. The molecule has 1 fully saturated rings. The number of benzene rings is 3. The molecule has 0 bridgehead atoms. The molecule has 0 radical (unpaired) electrons. The zero-order chi connectivity index (χ0) is 24.0. The van der Waals surface area contributed by atoms with Crippen molar-refractivity contribution in [3.05, 3.63) is 83.7 Å². The van der Waals surface area contributed by atoms with Gasteiger partial charge < -0.3 is 5.32 Å². The lowest BCUT2D eigenvalue weighted by Crippen LogP contribution is -2.35. The molecule has 1 atom stereocenters. The molecule has 0 saturated carbocycles. The van der Waals surface area contributed by atoms with Crippen LogP contribution in [0.3, 0.4) is 0 Å². The predicted octanol–water partition coefficient (Wildman–Crippen LogP) is 5.36. The number of halogens is 3. The van der Waals surface area contributed by atoms with Crippen molar-refractivity contribution in [1.29, 1.82) is 0 Å². The molecule has 10 heteroatoms. The maximum Gasteiger partial charge on any atom is 0.251 e. The van der Waals surface area contributed by atoms with E-state index in [1.54, 1.807) is 6.07 Å². The first kappa shape index (κ1) is 22.5. The van der Waals surface area contributed by atoms with Crippen LogP contribution in [0.2, 0.25) is 0 Å². The minimum absolute atomic E-state index is 0.0478. The van der Waals surface area contributed by atoms with Gasteiger partial charge in [0.1, 0.15) is 23.1 Å². The Morgan fingerprint density at radius 3 is 2.38 bits per heavy atom. The Morgan fingerprint density at radius 1 is 1.03 bits per heavy atom. The van der Waals surface area contributed by atoms with Gasteiger partial charge >= 0.3 is 0 Å². The van der Waals surface area contributed by atoms with Crippen molar-refractivity contribution in [2.45, 2.75) is 12.5 Å². The number of nitrogens with one attached hydrogen (secondary N) is 1. The number of rotatable bonds is 4. The van der Waals surface area contributed by atoms with Crippen molar-refractivity contribution in [2.75, 3.05) is 11.5 Å². The number of carbonyl (C=O) groups excluding carboxylic acids is 1. The first-order valence-corrected chi connectivity index (χ1v) is 12.4. The molecule has 1 aromatic heterocycles. The molecule has 0 aliphatic carbocycles. The summed E-state index contributed by atoms with van der Waals surface area (Å²) in [4.78, 5) is 12.9. The van der Waals surface area contributed by atoms with Gasteiger partial charge in [0.2, 0.25) is 0 Å². The van der Waals surface area contributed by atoms with Crippen molar-refractivity contribution in [3.63, 3.8) is 0 Å². The molecule has 5 rings (SSSR count). The third-order valence-electron chi connectivity index (χ3n) is 5.81. The normalized spacial score (nSPS) is 18.2. The average molecular weight is 488 g/mol. The fourth-order valence-electron chi connectivity index (χ4n) is 4.15. The molecule has 0 spiro atoms. The SMILES string of the molecule is O=C(NC1CCS(O)(O)C1)c1ccc2c(-c3c(F)cccc3F)nn(-c3ccc(F)cc3)c2c1. The van der Waals surface area contributed by atoms with Crippen molar-refractivity contribution >= 4 is 27.4 Å². The highest BCUT2D eigenvalue weighted by Crippen LogP contribution is 2.45. The van der Waals surface area contributed by atoms with Crippen molar-refractivity contribution in [3.8, 4) is 16.9 Å². The highest BCUT2D eigenvalue weighted by Gasteiger charge is 2.30. The molecule has 1 aliphatic heterocycles. The van der Waals surface area contributed by atoms with Gasteiger partial charge in [-0.15, -0.1) is 0 Å². The number of carbonyl (C=O) groups is 1. The molecule has 6 nitrogen and oxygen atoms in total. The molecule has 1 aliphatic rings. The van der Waals surface area contributed by atoms with Crippen LogP contribution in [0.1, 0.15) is 16.8 Å². The number of hydrogen-bond acceptors (Lipinski definition) is 4. The molecule has 176 valence electrons. The first-order chi connectivity index (χ1) is 16.2. The van der Waals surface area contributed by atoms with Crippen LogP contribution in [0.5, 0.6) is 0 Å². The molecule has 2 heterocycles. The number of aromatic nitrogens is 2. The smallest absolute Gasteiger partial charge is 0.251 e. The Balaban J connectivity index is 1.62. The van der Waals surface area contributed by atoms with E-state index in [4.69, 9.17) is 0 Å². The second-order valence-electron chi connectivity index (χ2n) is 8.20. The van der Waals surface area contributed by atoms with E-state index in [2.05, 4.69) is 10.4 Å². The molecular formula is C24H20F3N3O3S. The van der Waals surface area contributed by atoms with Crippen molar-refractivity contribution in [2.24, 2.45) is 0 Å². The summed E-state index contributed by atoms with van der Waals surface area (Å²) in [5.41, 5.74) is 0.845. The third-order valence-corrected chi connectivity index (χ3v) is 7.64. The lowest BCUT2D eigenvalue weighted by molar-refractivity contribution is 0.0941. The summed E-state index contributed by atoms with van der Waals surface area (Å²) < 4.78 is 63.7. The maximum atomic E-state index is 14.6. The van der Waals surface area contributed by atoms with E-state index < -0.39 is 33.9 Å². The van der Waals surface area contributed by atoms with Gasteiger partial charge in [-0.3, -0.25) is 13.9 Å². The van der Waals surface area contributed by atoms with Gasteiger partial charge in [0.05, 0.1) is 22.5 Å². The predicted molar refractivity (Wildman–Crippen MR) is 125 cm³/mol. The summed E-state index contributed by atoms with van der Waals surface area (Å²) in [6.45, 7) is 0. The quantitative estimate of drug-likeness (QED) is 0.362. The topological polar surface area (TPSA) is 87.4 Å². The molecule has 1 amide bonds. The summed E-state index contributed by atoms with van der Waals surface area (Å²) in [5.74, 6) is -2.10. The summed E-state index contributed by atoms with van der Waals surface area (Å²) in [6, 6.07) is 13.2. The Morgan fingerprint density at radius 2 is 1.74 bits per heavy atom. The Hall–Kier alpha value is -3.34. The van der Waals surface area contributed by atoms with Crippen LogP contribution in [-0.4, -0.2) is 42.3 Å². The third kappa shape index (κ3) is 4.15. The fourth-order valence-corrected chi connectivity index (χ4v) is 5.87. The molecular weight excluding hydrogens is 467 g/mol. The van der Waals surface area contributed by atoms with Crippen LogP contribution in [-0.2, 0) is 0 Å². The van der Waals surface area contributed by atoms with Gasteiger partial charge in [-0.1, -0.05) is 6.07 Å². The van der Waals surface area contributed by atoms with Crippen LogP contribution >= 0.6 is 10.6 Å². The van der Waals surface area contributed by atoms with E-state index in [1.807, 2.05) is 0 Å². The largest absolute Gasteiger partial charge is 0.348 e. The van der Waals surface area contributed by atoms with E-state index in [9.17, 15) is 27.1 Å². The lowest BCUT2D eigenvalue weighted by Gasteiger charge is -2.26. The van der Waals surface area contributed by atoms with E-state index in [1.165, 1.54) is 47.1 Å². The molecule has 3 N–H and O–H groups in total. The van der Waals surface area contributed by atoms with Crippen LogP contribution < -0.4 is 5.32 Å². The first-order valence-electron chi connectivity index (χ1n) is 10.5. The fraction of sp³-hybridized carbons (Fsp3) is 0.167. The Labute approximate surface area is 194 Å². The zero-order valence-corrected chi connectivity index (χ0v) is 18.5. The maximum absolute atomic E-state index is 14.6. The van der Waals surface area contributed by atoms with Gasteiger partial charge in [-0.25, -0.2) is 17.9 Å². The highest BCUT2D eigenvalue weighted by atomic mass is 32.3. The van der Waals surface area contributed by atoms with E-state index >= 15 is 0 Å². The standard InChI is InChI=1S/C24H20F3N3O3S/c25-15-5-7-17(8-6-15)30-21-12-14(24(31)28-16-10-11-34(32,33)13-16)4-9-18(21)23(29-30)22-19(26)2-1-3-20(22)27/h1-9,12,16,32-33H,10-11,13H2,(H,28,31). The molecule has 1 unspecified atom stereocenters. The molecule has 1 saturated heterocycles. The number of hydrogen-bond donors (Lipinski definition) is 3. The van der Waals surface area contributed by atoms with Crippen molar-refractivity contribution in [1.82, 2.24) is 15.1 Å². The van der Waals surface area contributed by atoms with Gasteiger partial charge in [0, 0.05) is 22.7 Å². The van der Waals surface area contributed by atoms with Crippen LogP contribution in [0, 0.1) is 17.5 Å². The van der Waals surface area contributed by atoms with Crippen LogP contribution in [0.25, 0.3) is 27.8 Å². The van der Waals surface area contributed by atoms with E-state index in [-0.39, 0.29) is 34.4 Å². The highest BCUT2D eigenvalue weighted by molar-refractivity contribution is 8.24. The monoisotopic (exact) mass is 487 g/mol. The van der Waals surface area contributed by atoms with Gasteiger partial charge in [0.15, 0.2) is 0 Å². The number of fused-ring (bicyclic) bond motifs is 1. The van der Waals surface area contributed by atoms with E-state index in [0.717, 1.165) is 12.1 Å². The van der Waals surface area contributed by atoms with Gasteiger partial charge in [-0.2, -0.15) is 15.7 Å². The molecule has 4 aromatic rings. The Bertz CT molecular complexity index is 1390. The number of nitrogens with zero attached hydrogens (tertiary/aromatic N) is 2. The summed E-state index contributed by atoms with van der Waals surface area (Å²) >= 11 is 0.